The van der Waals surface area contributed by atoms with Crippen molar-refractivity contribution >= 4 is 0 Å². The molecule has 3 rings (SSSR count). The highest BCUT2D eigenvalue weighted by Gasteiger charge is 2.15. The SMILES string of the molecule is CCC(CC)c1ccc(-c2ccc(OC)nc2)cc1-n1ccc(C)n1. The first-order valence-corrected chi connectivity index (χ1v) is 8.83. The molecule has 0 atom stereocenters. The first-order valence-electron chi connectivity index (χ1n) is 8.83. The molecule has 25 heavy (non-hydrogen) atoms. The molecule has 130 valence electrons. The molecule has 4 nitrogen and oxygen atoms in total. The van der Waals surface area contributed by atoms with Crippen LogP contribution in [0.4, 0.5) is 0 Å². The Bertz CT molecular complexity index is 833. The molecule has 4 heteroatoms. The Kier molecular flexibility index (Phi) is 5.17. The van der Waals surface area contributed by atoms with E-state index in [0.29, 0.717) is 11.8 Å². The lowest BCUT2D eigenvalue weighted by molar-refractivity contribution is 0.398. The Balaban J connectivity index is 2.10. The molecule has 2 aromatic heterocycles. The molecule has 0 radical (unpaired) electrons. The van der Waals surface area contributed by atoms with Crippen molar-refractivity contribution in [1.82, 2.24) is 14.8 Å². The van der Waals surface area contributed by atoms with Crippen molar-refractivity contribution in [3.05, 3.63) is 60.0 Å². The van der Waals surface area contributed by atoms with Gasteiger partial charge in [-0.05, 0) is 55.0 Å². The van der Waals surface area contributed by atoms with E-state index in [-0.39, 0.29) is 0 Å². The van der Waals surface area contributed by atoms with Crippen molar-refractivity contribution in [2.75, 3.05) is 7.11 Å². The smallest absolute Gasteiger partial charge is 0.212 e. The van der Waals surface area contributed by atoms with E-state index < -0.39 is 0 Å². The predicted octanol–water partition coefficient (Wildman–Crippen LogP) is 5.15. The standard InChI is InChI=1S/C21H25N3O/c1-5-16(6-2)19-9-7-17(18-8-10-21(25-4)22-14-18)13-20(19)24-12-11-15(3)23-24/h7-14,16H,5-6H2,1-4H3. The summed E-state index contributed by atoms with van der Waals surface area (Å²) in [5, 5.41) is 4.64. The van der Waals surface area contributed by atoms with Crippen LogP contribution in [0.25, 0.3) is 16.8 Å². The highest BCUT2D eigenvalue weighted by atomic mass is 16.5. The van der Waals surface area contributed by atoms with Crippen LogP contribution in [0.2, 0.25) is 0 Å². The second kappa shape index (κ2) is 7.51. The van der Waals surface area contributed by atoms with Gasteiger partial charge in [-0.15, -0.1) is 0 Å². The molecule has 2 heterocycles. The second-order valence-corrected chi connectivity index (χ2v) is 6.28. The number of aromatic nitrogens is 3. The summed E-state index contributed by atoms with van der Waals surface area (Å²) in [7, 11) is 1.63. The first kappa shape index (κ1) is 17.2. The third-order valence-electron chi connectivity index (χ3n) is 4.70. The Hall–Kier alpha value is -2.62. The number of hydrogen-bond acceptors (Lipinski definition) is 3. The molecule has 0 aliphatic rings. The number of nitrogens with zero attached hydrogens (tertiary/aromatic N) is 3. The van der Waals surface area contributed by atoms with Crippen LogP contribution in [0.3, 0.4) is 0 Å². The van der Waals surface area contributed by atoms with Crippen LogP contribution in [-0.4, -0.2) is 21.9 Å². The molecule has 1 aromatic carbocycles. The van der Waals surface area contributed by atoms with Crippen LogP contribution in [0.1, 0.15) is 43.9 Å². The average Bonchev–Trinajstić information content (AvgIpc) is 3.09. The molecule has 0 unspecified atom stereocenters. The number of methoxy groups -OCH3 is 1. The molecular weight excluding hydrogens is 310 g/mol. The molecule has 0 aliphatic carbocycles. The van der Waals surface area contributed by atoms with Gasteiger partial charge in [0, 0.05) is 24.0 Å². The Labute approximate surface area is 149 Å². The summed E-state index contributed by atoms with van der Waals surface area (Å²) in [6, 6.07) is 12.6. The molecule has 0 amide bonds. The second-order valence-electron chi connectivity index (χ2n) is 6.28. The number of rotatable bonds is 6. The summed E-state index contributed by atoms with van der Waals surface area (Å²) in [6.07, 6.45) is 6.12. The van der Waals surface area contributed by atoms with E-state index in [9.17, 15) is 0 Å². The van der Waals surface area contributed by atoms with Crippen LogP contribution < -0.4 is 4.74 Å². The fraction of sp³-hybridized carbons (Fsp3) is 0.333. The lowest BCUT2D eigenvalue weighted by Crippen LogP contribution is -2.05. The van der Waals surface area contributed by atoms with Gasteiger partial charge in [-0.3, -0.25) is 0 Å². The summed E-state index contributed by atoms with van der Waals surface area (Å²) in [6.45, 7) is 6.51. The lowest BCUT2D eigenvalue weighted by atomic mass is 9.90. The maximum absolute atomic E-state index is 5.16. The van der Waals surface area contributed by atoms with Gasteiger partial charge in [0.2, 0.25) is 5.88 Å². The number of ether oxygens (including phenoxy) is 1. The van der Waals surface area contributed by atoms with Crippen molar-refractivity contribution in [1.29, 1.82) is 0 Å². The molecule has 0 spiro atoms. The molecular formula is C21H25N3O. The fourth-order valence-corrected chi connectivity index (χ4v) is 3.22. The van der Waals surface area contributed by atoms with E-state index in [1.807, 2.05) is 42.2 Å². The molecule has 0 aliphatic heterocycles. The number of pyridine rings is 1. The van der Waals surface area contributed by atoms with Crippen molar-refractivity contribution in [3.8, 4) is 22.7 Å². The zero-order chi connectivity index (χ0) is 17.8. The van der Waals surface area contributed by atoms with Crippen molar-refractivity contribution < 1.29 is 4.74 Å². The van der Waals surface area contributed by atoms with Gasteiger partial charge in [-0.2, -0.15) is 5.10 Å². The van der Waals surface area contributed by atoms with Gasteiger partial charge in [-0.1, -0.05) is 26.0 Å². The van der Waals surface area contributed by atoms with Crippen LogP contribution in [-0.2, 0) is 0 Å². The number of hydrogen-bond donors (Lipinski definition) is 0. The number of benzene rings is 1. The minimum Gasteiger partial charge on any atom is -0.481 e. The van der Waals surface area contributed by atoms with Gasteiger partial charge < -0.3 is 4.74 Å². The third kappa shape index (κ3) is 3.58. The zero-order valence-corrected chi connectivity index (χ0v) is 15.4. The van der Waals surface area contributed by atoms with Gasteiger partial charge in [0.1, 0.15) is 0 Å². The van der Waals surface area contributed by atoms with E-state index >= 15 is 0 Å². The maximum atomic E-state index is 5.16. The highest BCUT2D eigenvalue weighted by molar-refractivity contribution is 5.67. The average molecular weight is 335 g/mol. The summed E-state index contributed by atoms with van der Waals surface area (Å²) in [5.41, 5.74) is 5.72. The number of aryl methyl sites for hydroxylation is 1. The van der Waals surface area contributed by atoms with E-state index in [4.69, 9.17) is 4.74 Å². The molecule has 0 saturated heterocycles. The van der Waals surface area contributed by atoms with E-state index in [1.54, 1.807) is 7.11 Å². The fourth-order valence-electron chi connectivity index (χ4n) is 3.22. The van der Waals surface area contributed by atoms with Gasteiger partial charge >= 0.3 is 0 Å². The lowest BCUT2D eigenvalue weighted by Gasteiger charge is -2.19. The van der Waals surface area contributed by atoms with Gasteiger partial charge in [0.25, 0.3) is 0 Å². The highest BCUT2D eigenvalue weighted by Crippen LogP contribution is 2.32. The molecule has 0 bridgehead atoms. The molecule has 0 saturated carbocycles. The first-order chi connectivity index (χ1) is 12.2. The Morgan fingerprint density at radius 3 is 2.36 bits per heavy atom. The van der Waals surface area contributed by atoms with Crippen molar-refractivity contribution in [2.24, 2.45) is 0 Å². The topological polar surface area (TPSA) is 39.9 Å². The van der Waals surface area contributed by atoms with Crippen LogP contribution in [0, 0.1) is 6.92 Å². The maximum Gasteiger partial charge on any atom is 0.212 e. The van der Waals surface area contributed by atoms with Crippen LogP contribution in [0.5, 0.6) is 5.88 Å². The van der Waals surface area contributed by atoms with Gasteiger partial charge in [0.05, 0.1) is 18.5 Å². The minimum absolute atomic E-state index is 0.530. The van der Waals surface area contributed by atoms with E-state index in [0.717, 1.165) is 35.3 Å². The predicted molar refractivity (Wildman–Crippen MR) is 101 cm³/mol. The normalized spacial score (nSPS) is 11.1. The van der Waals surface area contributed by atoms with Crippen molar-refractivity contribution in [3.63, 3.8) is 0 Å². The minimum atomic E-state index is 0.530. The monoisotopic (exact) mass is 335 g/mol. The summed E-state index contributed by atoms with van der Waals surface area (Å²) in [5.74, 6) is 1.16. The van der Waals surface area contributed by atoms with Gasteiger partial charge in [0.15, 0.2) is 0 Å². The summed E-state index contributed by atoms with van der Waals surface area (Å²) < 4.78 is 7.14. The quantitative estimate of drug-likeness (QED) is 0.625. The van der Waals surface area contributed by atoms with E-state index in [1.165, 1.54) is 5.56 Å². The Morgan fingerprint density at radius 2 is 1.80 bits per heavy atom. The Morgan fingerprint density at radius 1 is 1.04 bits per heavy atom. The van der Waals surface area contributed by atoms with Crippen molar-refractivity contribution in [2.45, 2.75) is 39.5 Å². The summed E-state index contributed by atoms with van der Waals surface area (Å²) in [4.78, 5) is 4.33. The molecule has 0 fully saturated rings. The van der Waals surface area contributed by atoms with Gasteiger partial charge in [-0.25, -0.2) is 9.67 Å². The third-order valence-corrected chi connectivity index (χ3v) is 4.70. The molecule has 0 N–H and O–H groups in total. The largest absolute Gasteiger partial charge is 0.481 e. The summed E-state index contributed by atoms with van der Waals surface area (Å²) >= 11 is 0. The zero-order valence-electron chi connectivity index (χ0n) is 15.4. The van der Waals surface area contributed by atoms with Crippen LogP contribution >= 0.6 is 0 Å². The van der Waals surface area contributed by atoms with E-state index in [2.05, 4.69) is 42.1 Å². The molecule has 3 aromatic rings. The van der Waals surface area contributed by atoms with Crippen LogP contribution in [0.15, 0.2) is 48.8 Å².